The first-order chi connectivity index (χ1) is 5.61. The number of rotatable bonds is 1. The van der Waals surface area contributed by atoms with Crippen LogP contribution in [0, 0.1) is 0 Å². The summed E-state index contributed by atoms with van der Waals surface area (Å²) in [6.45, 7) is 3.00. The Bertz CT molecular complexity index is 196. The van der Waals surface area contributed by atoms with Crippen molar-refractivity contribution in [2.75, 3.05) is 24.6 Å². The smallest absolute Gasteiger partial charge is 0.235 e. The van der Waals surface area contributed by atoms with E-state index in [9.17, 15) is 9.00 Å². The van der Waals surface area contributed by atoms with Gasteiger partial charge in [0.25, 0.3) is 0 Å². The second-order valence-electron chi connectivity index (χ2n) is 2.85. The largest absolute Gasteiger partial charge is 0.340 e. The second-order valence-corrected chi connectivity index (χ2v) is 5.32. The maximum Gasteiger partial charge on any atom is 0.235 e. The molecule has 0 bridgehead atoms. The maximum atomic E-state index is 11.4. The highest BCUT2D eigenvalue weighted by atomic mass is 32.2. The summed E-state index contributed by atoms with van der Waals surface area (Å²) in [5.74, 6) is 1.29. The van der Waals surface area contributed by atoms with E-state index in [-0.39, 0.29) is 11.2 Å². The zero-order valence-electron chi connectivity index (χ0n) is 7.02. The lowest BCUT2D eigenvalue weighted by Crippen LogP contribution is -2.44. The fourth-order valence-electron chi connectivity index (χ4n) is 1.12. The number of thiol groups is 1. The van der Waals surface area contributed by atoms with Gasteiger partial charge >= 0.3 is 0 Å². The fraction of sp³-hybridized carbons (Fsp3) is 0.857. The van der Waals surface area contributed by atoms with Crippen LogP contribution in [0.2, 0.25) is 0 Å². The van der Waals surface area contributed by atoms with Gasteiger partial charge in [-0.3, -0.25) is 9.00 Å². The van der Waals surface area contributed by atoms with Crippen molar-refractivity contribution in [3.05, 3.63) is 0 Å². The van der Waals surface area contributed by atoms with E-state index in [4.69, 9.17) is 0 Å². The van der Waals surface area contributed by atoms with Gasteiger partial charge in [0.2, 0.25) is 5.91 Å². The number of carbonyl (C=O) groups excluding carboxylic acids is 1. The minimum Gasteiger partial charge on any atom is -0.340 e. The molecule has 0 saturated carbocycles. The van der Waals surface area contributed by atoms with E-state index in [0.717, 1.165) is 0 Å². The van der Waals surface area contributed by atoms with Gasteiger partial charge in [-0.15, -0.1) is 0 Å². The van der Waals surface area contributed by atoms with Crippen molar-refractivity contribution in [3.63, 3.8) is 0 Å². The van der Waals surface area contributed by atoms with Gasteiger partial charge in [-0.25, -0.2) is 0 Å². The first-order valence-corrected chi connectivity index (χ1v) is 5.93. The van der Waals surface area contributed by atoms with Gasteiger partial charge in [0.15, 0.2) is 0 Å². The van der Waals surface area contributed by atoms with Crippen LogP contribution in [0.3, 0.4) is 0 Å². The van der Waals surface area contributed by atoms with Gasteiger partial charge in [0, 0.05) is 35.4 Å². The molecule has 1 atom stereocenters. The minimum absolute atomic E-state index is 0.0510. The van der Waals surface area contributed by atoms with Gasteiger partial charge in [0.1, 0.15) is 0 Å². The Kier molecular flexibility index (Phi) is 3.58. The van der Waals surface area contributed by atoms with E-state index < -0.39 is 10.8 Å². The normalized spacial score (nSPS) is 22.3. The van der Waals surface area contributed by atoms with Crippen LogP contribution in [-0.2, 0) is 15.6 Å². The van der Waals surface area contributed by atoms with Gasteiger partial charge in [0.05, 0.1) is 5.25 Å². The summed E-state index contributed by atoms with van der Waals surface area (Å²) < 4.78 is 11.0. The third-order valence-corrected chi connectivity index (χ3v) is 3.34. The second kappa shape index (κ2) is 4.28. The molecular weight excluding hydrogens is 194 g/mol. The zero-order valence-corrected chi connectivity index (χ0v) is 8.74. The lowest BCUT2D eigenvalue weighted by Gasteiger charge is -2.27. The fourth-order valence-corrected chi connectivity index (χ4v) is 2.34. The molecule has 1 amide bonds. The Morgan fingerprint density at radius 3 is 2.42 bits per heavy atom. The minimum atomic E-state index is -0.709. The molecular formula is C7H13NO2S2. The average Bonchev–Trinajstić information content (AvgIpc) is 2.04. The number of amides is 1. The number of carbonyl (C=O) groups is 1. The van der Waals surface area contributed by atoms with Gasteiger partial charge in [-0.05, 0) is 6.92 Å². The number of hydrogen-bond donors (Lipinski definition) is 1. The quantitative estimate of drug-likeness (QED) is 0.610. The highest BCUT2D eigenvalue weighted by molar-refractivity contribution is 7.85. The molecule has 12 heavy (non-hydrogen) atoms. The molecule has 3 nitrogen and oxygen atoms in total. The van der Waals surface area contributed by atoms with Crippen LogP contribution in [0.25, 0.3) is 0 Å². The van der Waals surface area contributed by atoms with Crippen molar-refractivity contribution < 1.29 is 9.00 Å². The molecule has 0 aromatic carbocycles. The molecule has 1 aliphatic heterocycles. The monoisotopic (exact) mass is 207 g/mol. The molecule has 1 saturated heterocycles. The Morgan fingerprint density at radius 2 is 2.00 bits per heavy atom. The maximum absolute atomic E-state index is 11.4. The SMILES string of the molecule is CC(S)C(=O)N1CCS(=O)CC1. The summed E-state index contributed by atoms with van der Waals surface area (Å²) in [6, 6.07) is 0. The predicted molar refractivity (Wildman–Crippen MR) is 52.9 cm³/mol. The molecule has 5 heteroatoms. The topological polar surface area (TPSA) is 37.4 Å². The molecule has 0 N–H and O–H groups in total. The van der Waals surface area contributed by atoms with E-state index in [1.807, 2.05) is 0 Å². The van der Waals surface area contributed by atoms with E-state index in [1.54, 1.807) is 11.8 Å². The molecule has 1 fully saturated rings. The third-order valence-electron chi connectivity index (χ3n) is 1.85. The summed E-state index contributed by atoms with van der Waals surface area (Å²) >= 11 is 4.06. The summed E-state index contributed by atoms with van der Waals surface area (Å²) in [4.78, 5) is 13.1. The van der Waals surface area contributed by atoms with Crippen molar-refractivity contribution in [3.8, 4) is 0 Å². The lowest BCUT2D eigenvalue weighted by molar-refractivity contribution is -0.129. The molecule has 0 aromatic rings. The van der Waals surface area contributed by atoms with Gasteiger partial charge < -0.3 is 4.90 Å². The third kappa shape index (κ3) is 2.48. The molecule has 1 unspecified atom stereocenters. The summed E-state index contributed by atoms with van der Waals surface area (Å²) in [7, 11) is -0.709. The van der Waals surface area contributed by atoms with Crippen molar-refractivity contribution in [1.29, 1.82) is 0 Å². The average molecular weight is 207 g/mol. The predicted octanol–water partition coefficient (Wildman–Crippen LogP) is -0.104. The van der Waals surface area contributed by atoms with Crippen LogP contribution in [0.15, 0.2) is 0 Å². The van der Waals surface area contributed by atoms with Crippen molar-refractivity contribution >= 4 is 29.3 Å². The summed E-state index contributed by atoms with van der Waals surface area (Å²) in [5, 5.41) is -0.239. The van der Waals surface area contributed by atoms with Crippen molar-refractivity contribution in [1.82, 2.24) is 4.90 Å². The summed E-state index contributed by atoms with van der Waals surface area (Å²) in [5.41, 5.74) is 0. The van der Waals surface area contributed by atoms with Crippen molar-refractivity contribution in [2.45, 2.75) is 12.2 Å². The first kappa shape index (κ1) is 10.1. The van der Waals surface area contributed by atoms with Gasteiger partial charge in [-0.1, -0.05) is 0 Å². The Balaban J connectivity index is 2.44. The molecule has 0 aromatic heterocycles. The van der Waals surface area contributed by atoms with E-state index in [0.29, 0.717) is 24.6 Å². The van der Waals surface area contributed by atoms with Gasteiger partial charge in [-0.2, -0.15) is 12.6 Å². The van der Waals surface area contributed by atoms with E-state index in [2.05, 4.69) is 12.6 Å². The van der Waals surface area contributed by atoms with E-state index >= 15 is 0 Å². The number of nitrogens with zero attached hydrogens (tertiary/aromatic N) is 1. The standard InChI is InChI=1S/C7H13NO2S2/c1-6(11)7(9)8-2-4-12(10)5-3-8/h6,11H,2-5H2,1H3. The van der Waals surface area contributed by atoms with E-state index in [1.165, 1.54) is 0 Å². The number of hydrogen-bond acceptors (Lipinski definition) is 3. The first-order valence-electron chi connectivity index (χ1n) is 3.93. The molecule has 1 aliphatic rings. The van der Waals surface area contributed by atoms with Crippen LogP contribution in [0.5, 0.6) is 0 Å². The molecule has 1 heterocycles. The highest BCUT2D eigenvalue weighted by Gasteiger charge is 2.21. The highest BCUT2D eigenvalue weighted by Crippen LogP contribution is 2.05. The van der Waals surface area contributed by atoms with Crippen LogP contribution < -0.4 is 0 Å². The van der Waals surface area contributed by atoms with Crippen LogP contribution in [-0.4, -0.2) is 44.9 Å². The molecule has 70 valence electrons. The zero-order chi connectivity index (χ0) is 9.14. The Labute approximate surface area is 80.4 Å². The molecule has 0 radical (unpaired) electrons. The molecule has 0 spiro atoms. The Morgan fingerprint density at radius 1 is 1.50 bits per heavy atom. The summed E-state index contributed by atoms with van der Waals surface area (Å²) in [6.07, 6.45) is 0. The Hall–Kier alpha value is -0.0300. The van der Waals surface area contributed by atoms with Crippen molar-refractivity contribution in [2.24, 2.45) is 0 Å². The lowest BCUT2D eigenvalue weighted by atomic mass is 10.4. The molecule has 0 aliphatic carbocycles. The van der Waals surface area contributed by atoms with Crippen LogP contribution >= 0.6 is 12.6 Å². The molecule has 1 rings (SSSR count). The van der Waals surface area contributed by atoms with Crippen LogP contribution in [0.1, 0.15) is 6.92 Å². The van der Waals surface area contributed by atoms with Crippen LogP contribution in [0.4, 0.5) is 0 Å².